The van der Waals surface area contributed by atoms with Crippen LogP contribution < -0.4 is 0 Å². The Balaban J connectivity index is 1.52. The number of hydrogen-bond acceptors (Lipinski definition) is 3. The normalized spacial score (nSPS) is 28.2. The van der Waals surface area contributed by atoms with Gasteiger partial charge in [-0.05, 0) is 49.0 Å². The highest BCUT2D eigenvalue weighted by Crippen LogP contribution is 2.38. The van der Waals surface area contributed by atoms with E-state index in [2.05, 4.69) is 26.9 Å². The van der Waals surface area contributed by atoms with Crippen LogP contribution in [0.1, 0.15) is 28.8 Å². The molecule has 3 saturated heterocycles. The summed E-state index contributed by atoms with van der Waals surface area (Å²) in [4.78, 5) is 22.1. The Bertz CT molecular complexity index is 781. The number of pyridine rings is 1. The topological polar surface area (TPSA) is 36.4 Å². The van der Waals surface area contributed by atoms with Gasteiger partial charge in [-0.25, -0.2) is 0 Å². The zero-order valence-corrected chi connectivity index (χ0v) is 13.7. The first-order valence-electron chi connectivity index (χ1n) is 8.87. The molecule has 5 heterocycles. The Hall–Kier alpha value is -2.20. The molecule has 0 N–H and O–H groups in total. The number of rotatable bonds is 2. The van der Waals surface area contributed by atoms with Crippen LogP contribution in [0.25, 0.3) is 11.1 Å². The summed E-state index contributed by atoms with van der Waals surface area (Å²) in [6.07, 6.45) is 6.09. The second-order valence-electron chi connectivity index (χ2n) is 7.22. The second-order valence-corrected chi connectivity index (χ2v) is 7.22. The molecule has 4 heteroatoms. The minimum atomic E-state index is 0.211. The Kier molecular flexibility index (Phi) is 3.20. The lowest BCUT2D eigenvalue weighted by molar-refractivity contribution is 0.00848. The van der Waals surface area contributed by atoms with Crippen molar-refractivity contribution < 1.29 is 4.79 Å². The van der Waals surface area contributed by atoms with Gasteiger partial charge in [-0.15, -0.1) is 0 Å². The van der Waals surface area contributed by atoms with E-state index in [0.717, 1.165) is 35.3 Å². The predicted octanol–water partition coefficient (Wildman–Crippen LogP) is 2.80. The van der Waals surface area contributed by atoms with Crippen LogP contribution in [-0.4, -0.2) is 46.4 Å². The standard InChI is InChI=1S/C20H21N3O/c24-20-19-16(3-1-5-17(19)15-4-2-8-21-11-15)12-23(20)18-13-22-9-6-14(18)7-10-22/h1-5,8,11,14,18H,6-7,9-10,12-13H2/t18-/m0/s1. The van der Waals surface area contributed by atoms with E-state index in [-0.39, 0.29) is 5.91 Å². The van der Waals surface area contributed by atoms with Crippen molar-refractivity contribution in [2.24, 2.45) is 5.92 Å². The molecule has 0 radical (unpaired) electrons. The zero-order valence-electron chi connectivity index (χ0n) is 13.7. The molecule has 4 aliphatic heterocycles. The van der Waals surface area contributed by atoms with Crippen molar-refractivity contribution in [3.05, 3.63) is 53.9 Å². The number of hydrogen-bond donors (Lipinski definition) is 0. The third-order valence-electron chi connectivity index (χ3n) is 5.96. The molecule has 3 fully saturated rings. The molecule has 2 bridgehead atoms. The van der Waals surface area contributed by atoms with Gasteiger partial charge in [0.1, 0.15) is 0 Å². The van der Waals surface area contributed by atoms with Crippen LogP contribution in [0.4, 0.5) is 0 Å². The molecule has 1 atom stereocenters. The number of carbonyl (C=O) groups excluding carboxylic acids is 1. The molecule has 1 amide bonds. The van der Waals surface area contributed by atoms with Gasteiger partial charge in [-0.2, -0.15) is 0 Å². The van der Waals surface area contributed by atoms with Crippen LogP contribution in [0, 0.1) is 5.92 Å². The average molecular weight is 319 g/mol. The molecule has 4 aliphatic rings. The maximum Gasteiger partial charge on any atom is 0.255 e. The predicted molar refractivity (Wildman–Crippen MR) is 92.5 cm³/mol. The molecular weight excluding hydrogens is 298 g/mol. The van der Waals surface area contributed by atoms with E-state index >= 15 is 0 Å². The largest absolute Gasteiger partial charge is 0.330 e. The first-order chi connectivity index (χ1) is 11.8. The summed E-state index contributed by atoms with van der Waals surface area (Å²) in [6, 6.07) is 10.6. The third kappa shape index (κ3) is 2.09. The monoisotopic (exact) mass is 319 g/mol. The molecule has 24 heavy (non-hydrogen) atoms. The number of fused-ring (bicyclic) bond motifs is 4. The van der Waals surface area contributed by atoms with E-state index in [0.29, 0.717) is 12.0 Å². The van der Waals surface area contributed by atoms with E-state index in [1.807, 2.05) is 24.4 Å². The fourth-order valence-electron chi connectivity index (χ4n) is 4.70. The highest BCUT2D eigenvalue weighted by molar-refractivity contribution is 6.04. The molecule has 6 rings (SSSR count). The van der Waals surface area contributed by atoms with Crippen molar-refractivity contribution in [3.63, 3.8) is 0 Å². The summed E-state index contributed by atoms with van der Waals surface area (Å²) in [5, 5.41) is 0. The molecule has 0 unspecified atom stereocenters. The molecule has 2 aromatic rings. The van der Waals surface area contributed by atoms with Crippen LogP contribution in [0.3, 0.4) is 0 Å². The highest BCUT2D eigenvalue weighted by Gasteiger charge is 2.42. The Morgan fingerprint density at radius 2 is 1.96 bits per heavy atom. The van der Waals surface area contributed by atoms with Crippen molar-refractivity contribution in [1.29, 1.82) is 0 Å². The van der Waals surface area contributed by atoms with Crippen LogP contribution in [0.5, 0.6) is 0 Å². The molecule has 0 saturated carbocycles. The molecule has 122 valence electrons. The number of benzene rings is 1. The third-order valence-corrected chi connectivity index (χ3v) is 5.96. The molecule has 0 spiro atoms. The van der Waals surface area contributed by atoms with Gasteiger partial charge in [0.05, 0.1) is 5.56 Å². The maximum absolute atomic E-state index is 13.3. The smallest absolute Gasteiger partial charge is 0.255 e. The van der Waals surface area contributed by atoms with E-state index in [1.54, 1.807) is 6.20 Å². The van der Waals surface area contributed by atoms with Crippen LogP contribution >= 0.6 is 0 Å². The quantitative estimate of drug-likeness (QED) is 0.854. The Morgan fingerprint density at radius 1 is 1.08 bits per heavy atom. The summed E-state index contributed by atoms with van der Waals surface area (Å²) >= 11 is 0. The highest BCUT2D eigenvalue weighted by atomic mass is 16.2. The number of aromatic nitrogens is 1. The van der Waals surface area contributed by atoms with Crippen LogP contribution in [0.15, 0.2) is 42.7 Å². The van der Waals surface area contributed by atoms with E-state index in [4.69, 9.17) is 0 Å². The van der Waals surface area contributed by atoms with Gasteiger partial charge in [0, 0.05) is 37.1 Å². The van der Waals surface area contributed by atoms with Gasteiger partial charge >= 0.3 is 0 Å². The average Bonchev–Trinajstić information content (AvgIpc) is 3.00. The number of nitrogens with zero attached hydrogens (tertiary/aromatic N) is 3. The van der Waals surface area contributed by atoms with Gasteiger partial charge in [-0.3, -0.25) is 9.78 Å². The molecule has 1 aromatic carbocycles. The molecule has 4 nitrogen and oxygen atoms in total. The summed E-state index contributed by atoms with van der Waals surface area (Å²) in [5.41, 5.74) is 4.10. The number of amides is 1. The summed E-state index contributed by atoms with van der Waals surface area (Å²) in [5.74, 6) is 0.887. The maximum atomic E-state index is 13.3. The van der Waals surface area contributed by atoms with Crippen molar-refractivity contribution >= 4 is 5.91 Å². The van der Waals surface area contributed by atoms with Gasteiger partial charge in [0.2, 0.25) is 0 Å². The van der Waals surface area contributed by atoms with Gasteiger partial charge in [0.25, 0.3) is 5.91 Å². The van der Waals surface area contributed by atoms with Crippen LogP contribution in [0.2, 0.25) is 0 Å². The number of carbonyl (C=O) groups is 1. The zero-order chi connectivity index (χ0) is 16.1. The van der Waals surface area contributed by atoms with E-state index < -0.39 is 0 Å². The van der Waals surface area contributed by atoms with Crippen LogP contribution in [-0.2, 0) is 6.54 Å². The van der Waals surface area contributed by atoms with Crippen molar-refractivity contribution in [2.75, 3.05) is 19.6 Å². The lowest BCUT2D eigenvalue weighted by atomic mass is 9.83. The Morgan fingerprint density at radius 3 is 2.67 bits per heavy atom. The second kappa shape index (κ2) is 5.42. The molecule has 1 aromatic heterocycles. The summed E-state index contributed by atoms with van der Waals surface area (Å²) in [6.45, 7) is 4.22. The van der Waals surface area contributed by atoms with E-state index in [9.17, 15) is 4.79 Å². The fraction of sp³-hybridized carbons (Fsp3) is 0.400. The van der Waals surface area contributed by atoms with Crippen molar-refractivity contribution in [2.45, 2.75) is 25.4 Å². The van der Waals surface area contributed by atoms with Gasteiger partial charge in [0.15, 0.2) is 0 Å². The van der Waals surface area contributed by atoms with Gasteiger partial charge in [-0.1, -0.05) is 24.3 Å². The van der Waals surface area contributed by atoms with Crippen molar-refractivity contribution in [3.8, 4) is 11.1 Å². The minimum Gasteiger partial charge on any atom is -0.330 e. The van der Waals surface area contributed by atoms with E-state index in [1.165, 1.54) is 25.9 Å². The van der Waals surface area contributed by atoms with Gasteiger partial charge < -0.3 is 9.80 Å². The summed E-state index contributed by atoms with van der Waals surface area (Å²) in [7, 11) is 0. The SMILES string of the molecule is O=C1c2c(cccc2-c2cccnc2)CN1[C@H]1CN2CCC1CC2. The summed E-state index contributed by atoms with van der Waals surface area (Å²) < 4.78 is 0. The molecular formula is C20H21N3O. The molecule has 0 aliphatic carbocycles. The number of piperidine rings is 3. The minimum absolute atomic E-state index is 0.211. The lowest BCUT2D eigenvalue weighted by Crippen LogP contribution is -2.57. The first-order valence-corrected chi connectivity index (χ1v) is 8.87. The lowest BCUT2D eigenvalue weighted by Gasteiger charge is -2.48. The fourth-order valence-corrected chi connectivity index (χ4v) is 4.70. The Labute approximate surface area is 142 Å². The first kappa shape index (κ1) is 14.2. The van der Waals surface area contributed by atoms with Crippen molar-refractivity contribution in [1.82, 2.24) is 14.8 Å².